The van der Waals surface area contributed by atoms with E-state index < -0.39 is 6.10 Å². The summed E-state index contributed by atoms with van der Waals surface area (Å²) in [6.07, 6.45) is -0.0627. The number of thiophene rings is 1. The maximum absolute atomic E-state index is 11.9. The SMILES string of the molecule is CCOC(=O)[C@H](Cc1ccc(OCc2sccc2C)cc1)OCC. The van der Waals surface area contributed by atoms with E-state index in [1.807, 2.05) is 31.2 Å². The number of hydrogen-bond donors (Lipinski definition) is 0. The van der Waals surface area contributed by atoms with Gasteiger partial charge in [0.05, 0.1) is 6.61 Å². The molecule has 1 aromatic heterocycles. The summed E-state index contributed by atoms with van der Waals surface area (Å²) in [6.45, 7) is 7.16. The molecule has 0 bridgehead atoms. The number of hydrogen-bond acceptors (Lipinski definition) is 5. The van der Waals surface area contributed by atoms with Gasteiger partial charge in [-0.3, -0.25) is 0 Å². The first-order valence-electron chi connectivity index (χ1n) is 8.17. The number of rotatable bonds is 9. The number of carbonyl (C=O) groups is 1. The first kappa shape index (κ1) is 18.5. The minimum absolute atomic E-state index is 0.312. The van der Waals surface area contributed by atoms with Crippen molar-refractivity contribution in [2.24, 2.45) is 0 Å². The molecule has 1 atom stereocenters. The lowest BCUT2D eigenvalue weighted by Gasteiger charge is -2.15. The van der Waals surface area contributed by atoms with Crippen molar-refractivity contribution in [2.45, 2.75) is 39.9 Å². The van der Waals surface area contributed by atoms with E-state index in [1.54, 1.807) is 18.3 Å². The molecule has 2 aromatic rings. The molecular weight excluding hydrogens is 324 g/mol. The van der Waals surface area contributed by atoms with Crippen molar-refractivity contribution >= 4 is 17.3 Å². The van der Waals surface area contributed by atoms with Gasteiger partial charge in [-0.2, -0.15) is 0 Å². The van der Waals surface area contributed by atoms with Gasteiger partial charge in [0.15, 0.2) is 6.10 Å². The van der Waals surface area contributed by atoms with E-state index in [1.165, 1.54) is 10.4 Å². The van der Waals surface area contributed by atoms with Crippen LogP contribution < -0.4 is 4.74 Å². The molecule has 0 spiro atoms. The molecule has 130 valence electrons. The summed E-state index contributed by atoms with van der Waals surface area (Å²) in [5.41, 5.74) is 2.27. The second kappa shape index (κ2) is 9.45. The summed E-state index contributed by atoms with van der Waals surface area (Å²) < 4.78 is 16.4. The average molecular weight is 348 g/mol. The maximum atomic E-state index is 11.9. The zero-order chi connectivity index (χ0) is 17.4. The lowest BCUT2D eigenvalue weighted by Crippen LogP contribution is -2.28. The molecule has 2 rings (SSSR count). The average Bonchev–Trinajstić information content (AvgIpc) is 2.99. The highest BCUT2D eigenvalue weighted by Gasteiger charge is 2.20. The fraction of sp³-hybridized carbons (Fsp3) is 0.421. The Labute approximate surface area is 147 Å². The second-order valence-electron chi connectivity index (χ2n) is 5.36. The van der Waals surface area contributed by atoms with E-state index in [4.69, 9.17) is 14.2 Å². The van der Waals surface area contributed by atoms with Gasteiger partial charge in [0.1, 0.15) is 12.4 Å². The van der Waals surface area contributed by atoms with Gasteiger partial charge in [-0.15, -0.1) is 11.3 Å². The molecule has 0 aliphatic rings. The minimum Gasteiger partial charge on any atom is -0.488 e. The van der Waals surface area contributed by atoms with Crippen LogP contribution in [0.3, 0.4) is 0 Å². The third kappa shape index (κ3) is 5.35. The fourth-order valence-corrected chi connectivity index (χ4v) is 3.10. The van der Waals surface area contributed by atoms with E-state index in [0.29, 0.717) is 26.2 Å². The van der Waals surface area contributed by atoms with Gasteiger partial charge in [0.25, 0.3) is 0 Å². The van der Waals surface area contributed by atoms with Crippen molar-refractivity contribution in [2.75, 3.05) is 13.2 Å². The first-order valence-corrected chi connectivity index (χ1v) is 9.05. The van der Waals surface area contributed by atoms with Gasteiger partial charge in [-0.05, 0) is 55.5 Å². The van der Waals surface area contributed by atoms with Crippen LogP contribution in [0.5, 0.6) is 5.75 Å². The van der Waals surface area contributed by atoms with E-state index in [9.17, 15) is 4.79 Å². The highest BCUT2D eigenvalue weighted by atomic mass is 32.1. The largest absolute Gasteiger partial charge is 0.488 e. The normalized spacial score (nSPS) is 12.0. The Morgan fingerprint density at radius 2 is 1.88 bits per heavy atom. The van der Waals surface area contributed by atoms with E-state index in [-0.39, 0.29) is 5.97 Å². The predicted molar refractivity (Wildman–Crippen MR) is 95.6 cm³/mol. The third-order valence-corrected chi connectivity index (χ3v) is 4.60. The summed E-state index contributed by atoms with van der Waals surface area (Å²) in [4.78, 5) is 13.1. The van der Waals surface area contributed by atoms with Crippen LogP contribution in [0, 0.1) is 6.92 Å². The van der Waals surface area contributed by atoms with Crippen LogP contribution in [0.25, 0.3) is 0 Å². The Morgan fingerprint density at radius 3 is 2.46 bits per heavy atom. The highest BCUT2D eigenvalue weighted by molar-refractivity contribution is 7.10. The lowest BCUT2D eigenvalue weighted by molar-refractivity contribution is -0.156. The van der Waals surface area contributed by atoms with Crippen LogP contribution in [0.15, 0.2) is 35.7 Å². The van der Waals surface area contributed by atoms with Crippen molar-refractivity contribution in [3.05, 3.63) is 51.7 Å². The number of ether oxygens (including phenoxy) is 3. The molecule has 0 N–H and O–H groups in total. The summed E-state index contributed by atoms with van der Waals surface area (Å²) in [6, 6.07) is 9.86. The molecule has 0 saturated heterocycles. The summed E-state index contributed by atoms with van der Waals surface area (Å²) >= 11 is 1.70. The molecule has 0 aliphatic heterocycles. The minimum atomic E-state index is -0.560. The van der Waals surface area contributed by atoms with Gasteiger partial charge >= 0.3 is 5.97 Å². The first-order chi connectivity index (χ1) is 11.6. The Morgan fingerprint density at radius 1 is 1.12 bits per heavy atom. The van der Waals surface area contributed by atoms with Crippen molar-refractivity contribution in [3.8, 4) is 5.75 Å². The van der Waals surface area contributed by atoms with Gasteiger partial charge in [0, 0.05) is 17.9 Å². The molecule has 0 amide bonds. The molecule has 0 unspecified atom stereocenters. The third-order valence-electron chi connectivity index (χ3n) is 3.60. The smallest absolute Gasteiger partial charge is 0.335 e. The van der Waals surface area contributed by atoms with Crippen LogP contribution in [-0.2, 0) is 27.3 Å². The van der Waals surface area contributed by atoms with E-state index in [0.717, 1.165) is 11.3 Å². The zero-order valence-corrected chi connectivity index (χ0v) is 15.2. The molecule has 1 heterocycles. The Bertz CT molecular complexity index is 633. The molecule has 4 nitrogen and oxygen atoms in total. The van der Waals surface area contributed by atoms with Gasteiger partial charge in [-0.25, -0.2) is 4.79 Å². The topological polar surface area (TPSA) is 44.8 Å². The van der Waals surface area contributed by atoms with Crippen LogP contribution in [0.4, 0.5) is 0 Å². The number of aryl methyl sites for hydroxylation is 1. The van der Waals surface area contributed by atoms with Gasteiger partial charge in [0.2, 0.25) is 0 Å². The Balaban J connectivity index is 1.92. The van der Waals surface area contributed by atoms with Crippen LogP contribution in [0.2, 0.25) is 0 Å². The van der Waals surface area contributed by atoms with Crippen molar-refractivity contribution in [3.63, 3.8) is 0 Å². The quantitative estimate of drug-likeness (QED) is 0.639. The summed E-state index contributed by atoms with van der Waals surface area (Å²) in [7, 11) is 0. The monoisotopic (exact) mass is 348 g/mol. The molecule has 1 aromatic carbocycles. The fourth-order valence-electron chi connectivity index (χ4n) is 2.28. The van der Waals surface area contributed by atoms with E-state index in [2.05, 4.69) is 18.4 Å². The highest BCUT2D eigenvalue weighted by Crippen LogP contribution is 2.20. The Hall–Kier alpha value is -1.85. The second-order valence-corrected chi connectivity index (χ2v) is 6.36. The number of benzene rings is 1. The standard InChI is InChI=1S/C19H24O4S/c1-4-21-17(19(20)22-5-2)12-15-6-8-16(9-7-15)23-13-18-14(3)10-11-24-18/h6-11,17H,4-5,12-13H2,1-3H3/t17-/m0/s1. The molecule has 0 radical (unpaired) electrons. The van der Waals surface area contributed by atoms with Crippen molar-refractivity contribution in [1.29, 1.82) is 0 Å². The lowest BCUT2D eigenvalue weighted by atomic mass is 10.1. The molecule has 5 heteroatoms. The molecular formula is C19H24O4S. The molecule has 0 fully saturated rings. The maximum Gasteiger partial charge on any atom is 0.335 e. The number of esters is 1. The summed E-state index contributed by atoms with van der Waals surface area (Å²) in [5, 5.41) is 2.07. The van der Waals surface area contributed by atoms with Crippen LogP contribution in [-0.4, -0.2) is 25.3 Å². The summed E-state index contributed by atoms with van der Waals surface area (Å²) in [5.74, 6) is 0.503. The van der Waals surface area contributed by atoms with Crippen LogP contribution in [0.1, 0.15) is 29.9 Å². The molecule has 0 saturated carbocycles. The van der Waals surface area contributed by atoms with Gasteiger partial charge in [-0.1, -0.05) is 12.1 Å². The van der Waals surface area contributed by atoms with E-state index >= 15 is 0 Å². The molecule has 24 heavy (non-hydrogen) atoms. The van der Waals surface area contributed by atoms with Crippen LogP contribution >= 0.6 is 11.3 Å². The Kier molecular flexibility index (Phi) is 7.28. The zero-order valence-electron chi connectivity index (χ0n) is 14.4. The number of carbonyl (C=O) groups excluding carboxylic acids is 1. The van der Waals surface area contributed by atoms with Crippen molar-refractivity contribution in [1.82, 2.24) is 0 Å². The predicted octanol–water partition coefficient (Wildman–Crippen LogP) is 4.15. The molecule has 0 aliphatic carbocycles. The van der Waals surface area contributed by atoms with Crippen molar-refractivity contribution < 1.29 is 19.0 Å². The van der Waals surface area contributed by atoms with Gasteiger partial charge < -0.3 is 14.2 Å².